The highest BCUT2D eigenvalue weighted by Gasteiger charge is 2.33. The summed E-state index contributed by atoms with van der Waals surface area (Å²) in [6, 6.07) is 7.39. The Kier molecular flexibility index (Phi) is 5.34. The number of rotatable bonds is 3. The molecule has 34 heavy (non-hydrogen) atoms. The molecule has 3 heterocycles. The topological polar surface area (TPSA) is 92.1 Å². The number of hydrogen-bond donors (Lipinski definition) is 2. The Morgan fingerprint density at radius 3 is 2.53 bits per heavy atom. The molecular formula is C23H19F4N5O2. The highest BCUT2D eigenvalue weighted by molar-refractivity contribution is 5.93. The normalized spacial score (nSPS) is 18.9. The van der Waals surface area contributed by atoms with Gasteiger partial charge in [-0.15, -0.1) is 0 Å². The number of carbonyl (C=O) groups excluding carboxylic acids is 1. The summed E-state index contributed by atoms with van der Waals surface area (Å²) in [5, 5.41) is 11.0. The van der Waals surface area contributed by atoms with Crippen LogP contribution in [0.25, 0.3) is 16.4 Å². The van der Waals surface area contributed by atoms with Crippen molar-refractivity contribution in [3.63, 3.8) is 0 Å². The van der Waals surface area contributed by atoms with Crippen molar-refractivity contribution in [2.24, 2.45) is 0 Å². The maximum atomic E-state index is 14.1. The fraction of sp³-hybridized carbons (Fsp3) is 0.304. The smallest absolute Gasteiger partial charge is 0.348 e. The number of H-pyrrole nitrogens is 1. The standard InChI is InChI=1S/C23H19F4N5O2/c24-17-9-13(23(25,26)27)11-32-18(10-28-20(17)32)22(34)29-14-7-5-12(6-8-14)19-15-3-1-2-4-16(15)21(33)31-30-19/h1-4,9-12,14H,5-8H2,(H,29,34)(H,31,33). The van der Waals surface area contributed by atoms with Crippen LogP contribution in [0.15, 0.2) is 47.5 Å². The molecule has 1 aromatic carbocycles. The van der Waals surface area contributed by atoms with Crippen molar-refractivity contribution in [2.45, 2.75) is 43.8 Å². The van der Waals surface area contributed by atoms with Gasteiger partial charge in [0.2, 0.25) is 0 Å². The number of benzene rings is 1. The number of nitrogens with one attached hydrogen (secondary N) is 2. The number of amides is 1. The molecule has 0 atom stereocenters. The molecule has 1 amide bonds. The average molecular weight is 473 g/mol. The fourth-order valence-electron chi connectivity index (χ4n) is 4.59. The lowest BCUT2D eigenvalue weighted by atomic mass is 9.82. The van der Waals surface area contributed by atoms with E-state index in [9.17, 15) is 27.2 Å². The highest BCUT2D eigenvalue weighted by Crippen LogP contribution is 2.35. The first-order valence-corrected chi connectivity index (χ1v) is 10.7. The van der Waals surface area contributed by atoms with Gasteiger partial charge in [-0.25, -0.2) is 14.5 Å². The zero-order chi connectivity index (χ0) is 24.0. The van der Waals surface area contributed by atoms with E-state index in [0.717, 1.165) is 21.7 Å². The van der Waals surface area contributed by atoms with E-state index in [0.29, 0.717) is 43.3 Å². The predicted octanol–water partition coefficient (Wildman–Crippen LogP) is 4.18. The third-order valence-corrected chi connectivity index (χ3v) is 6.30. The molecule has 176 valence electrons. The lowest BCUT2D eigenvalue weighted by Crippen LogP contribution is -2.38. The first-order chi connectivity index (χ1) is 16.2. The van der Waals surface area contributed by atoms with Crippen molar-refractivity contribution in [1.29, 1.82) is 0 Å². The molecule has 0 aliphatic heterocycles. The zero-order valence-electron chi connectivity index (χ0n) is 17.7. The summed E-state index contributed by atoms with van der Waals surface area (Å²) in [6.45, 7) is 0. The molecule has 0 radical (unpaired) electrons. The average Bonchev–Trinajstić information content (AvgIpc) is 3.25. The van der Waals surface area contributed by atoms with Crippen LogP contribution in [0.4, 0.5) is 17.6 Å². The molecular weight excluding hydrogens is 454 g/mol. The Morgan fingerprint density at radius 1 is 1.12 bits per heavy atom. The lowest BCUT2D eigenvalue weighted by molar-refractivity contribution is -0.138. The summed E-state index contributed by atoms with van der Waals surface area (Å²) in [5.74, 6) is -1.69. The van der Waals surface area contributed by atoms with Crippen molar-refractivity contribution in [3.8, 4) is 0 Å². The van der Waals surface area contributed by atoms with Crippen LogP contribution in [0, 0.1) is 5.82 Å². The number of aromatic amines is 1. The van der Waals surface area contributed by atoms with Crippen LogP contribution in [0.5, 0.6) is 0 Å². The molecule has 0 spiro atoms. The third kappa shape index (κ3) is 3.91. The molecule has 1 fully saturated rings. The van der Waals surface area contributed by atoms with Gasteiger partial charge >= 0.3 is 6.18 Å². The molecule has 2 N–H and O–H groups in total. The van der Waals surface area contributed by atoms with Gasteiger partial charge in [-0.3, -0.25) is 14.0 Å². The van der Waals surface area contributed by atoms with Crippen LogP contribution in [0.2, 0.25) is 0 Å². The van der Waals surface area contributed by atoms with Crippen molar-refractivity contribution >= 4 is 22.3 Å². The van der Waals surface area contributed by atoms with E-state index in [1.165, 1.54) is 0 Å². The van der Waals surface area contributed by atoms with E-state index >= 15 is 0 Å². The number of carbonyl (C=O) groups is 1. The molecule has 4 aromatic rings. The Labute approximate surface area is 189 Å². The largest absolute Gasteiger partial charge is 0.417 e. The van der Waals surface area contributed by atoms with Crippen molar-refractivity contribution in [3.05, 3.63) is 75.8 Å². The SMILES string of the molecule is O=C(NC1CCC(c2n[nH]c(=O)c3ccccc23)CC1)c1cnc2c(F)cc(C(F)(F)F)cn12. The summed E-state index contributed by atoms with van der Waals surface area (Å²) < 4.78 is 54.2. The number of aromatic nitrogens is 4. The number of halogens is 4. The molecule has 1 aliphatic rings. The van der Waals surface area contributed by atoms with Crippen molar-refractivity contribution < 1.29 is 22.4 Å². The van der Waals surface area contributed by atoms with Crippen LogP contribution in [0.3, 0.4) is 0 Å². The maximum Gasteiger partial charge on any atom is 0.417 e. The van der Waals surface area contributed by atoms with Gasteiger partial charge in [0.25, 0.3) is 11.5 Å². The van der Waals surface area contributed by atoms with E-state index in [1.807, 2.05) is 12.1 Å². The summed E-state index contributed by atoms with van der Waals surface area (Å²) in [6.07, 6.45) is -0.387. The van der Waals surface area contributed by atoms with E-state index in [4.69, 9.17) is 0 Å². The molecule has 0 bridgehead atoms. The maximum absolute atomic E-state index is 14.1. The Bertz CT molecular complexity index is 1450. The molecule has 1 aliphatic carbocycles. The van der Waals surface area contributed by atoms with Gasteiger partial charge < -0.3 is 5.32 Å². The second kappa shape index (κ2) is 8.23. The fourth-order valence-corrected chi connectivity index (χ4v) is 4.59. The monoisotopic (exact) mass is 473 g/mol. The number of alkyl halides is 3. The molecule has 1 saturated carbocycles. The summed E-state index contributed by atoms with van der Waals surface area (Å²) in [4.78, 5) is 28.6. The molecule has 0 saturated heterocycles. The summed E-state index contributed by atoms with van der Waals surface area (Å²) in [7, 11) is 0. The molecule has 11 heteroatoms. The van der Waals surface area contributed by atoms with Gasteiger partial charge in [-0.05, 0) is 37.8 Å². The number of pyridine rings is 1. The van der Waals surface area contributed by atoms with Crippen molar-refractivity contribution in [2.75, 3.05) is 0 Å². The van der Waals surface area contributed by atoms with Crippen molar-refractivity contribution in [1.82, 2.24) is 24.9 Å². The number of nitrogens with zero attached hydrogens (tertiary/aromatic N) is 3. The summed E-state index contributed by atoms with van der Waals surface area (Å²) in [5.41, 5.74) is -1.17. The first kappa shape index (κ1) is 22.1. The van der Waals surface area contributed by atoms with Gasteiger partial charge in [-0.1, -0.05) is 18.2 Å². The minimum Gasteiger partial charge on any atom is -0.348 e. The van der Waals surface area contributed by atoms with E-state index in [1.54, 1.807) is 12.1 Å². The third-order valence-electron chi connectivity index (χ3n) is 6.30. The van der Waals surface area contributed by atoms with Crippen LogP contribution in [-0.4, -0.2) is 31.5 Å². The van der Waals surface area contributed by atoms with Gasteiger partial charge in [-0.2, -0.15) is 18.3 Å². The second-order valence-electron chi connectivity index (χ2n) is 8.42. The summed E-state index contributed by atoms with van der Waals surface area (Å²) >= 11 is 0. The van der Waals surface area contributed by atoms with Crippen LogP contribution in [-0.2, 0) is 6.18 Å². The van der Waals surface area contributed by atoms with E-state index in [-0.39, 0.29) is 28.9 Å². The lowest BCUT2D eigenvalue weighted by Gasteiger charge is -2.29. The number of imidazole rings is 1. The molecule has 0 unspecified atom stereocenters. The Morgan fingerprint density at radius 2 is 1.82 bits per heavy atom. The Balaban J connectivity index is 1.32. The van der Waals surface area contributed by atoms with Crippen LogP contribution >= 0.6 is 0 Å². The minimum absolute atomic E-state index is 0.0918. The van der Waals surface area contributed by atoms with Crippen LogP contribution < -0.4 is 10.9 Å². The Hall–Kier alpha value is -3.76. The predicted molar refractivity (Wildman–Crippen MR) is 115 cm³/mol. The van der Waals surface area contributed by atoms with Gasteiger partial charge in [0.05, 0.1) is 22.8 Å². The second-order valence-corrected chi connectivity index (χ2v) is 8.42. The molecule has 5 rings (SSSR count). The minimum atomic E-state index is -4.76. The highest BCUT2D eigenvalue weighted by atomic mass is 19.4. The van der Waals surface area contributed by atoms with E-state index < -0.39 is 23.5 Å². The quantitative estimate of drug-likeness (QED) is 0.437. The van der Waals surface area contributed by atoms with Crippen LogP contribution in [0.1, 0.15) is 53.3 Å². The van der Waals surface area contributed by atoms with Gasteiger partial charge in [0.1, 0.15) is 5.69 Å². The zero-order valence-corrected chi connectivity index (χ0v) is 17.7. The molecule has 3 aromatic heterocycles. The number of hydrogen-bond acceptors (Lipinski definition) is 4. The van der Waals surface area contributed by atoms with Gasteiger partial charge in [0, 0.05) is 23.5 Å². The van der Waals surface area contributed by atoms with E-state index in [2.05, 4.69) is 20.5 Å². The number of fused-ring (bicyclic) bond motifs is 2. The first-order valence-electron chi connectivity index (χ1n) is 10.7. The van der Waals surface area contributed by atoms with Gasteiger partial charge in [0.15, 0.2) is 11.5 Å². The molecule has 7 nitrogen and oxygen atoms in total.